The van der Waals surface area contributed by atoms with Gasteiger partial charge in [-0.1, -0.05) is 61.1 Å². The lowest BCUT2D eigenvalue weighted by Crippen LogP contribution is -2.03. The molecule has 0 aliphatic carbocycles. The van der Waals surface area contributed by atoms with Crippen molar-refractivity contribution in [3.05, 3.63) is 107 Å². The number of hydrogen-bond donors (Lipinski definition) is 1. The molecule has 0 aliphatic rings. The molecule has 1 N–H and O–H groups in total. The van der Waals surface area contributed by atoms with E-state index in [4.69, 9.17) is 0 Å². The average molecular weight is 718 g/mol. The van der Waals surface area contributed by atoms with Crippen LogP contribution in [-0.4, -0.2) is 35.2 Å². The van der Waals surface area contributed by atoms with E-state index in [0.29, 0.717) is 11.7 Å². The number of hydrogen-bond acceptors (Lipinski definition) is 5. The van der Waals surface area contributed by atoms with Crippen LogP contribution in [0.4, 0.5) is 10.1 Å². The Bertz CT molecular complexity index is 2150. The minimum absolute atomic E-state index is 0.298. The van der Waals surface area contributed by atoms with Crippen LogP contribution in [0.15, 0.2) is 66.4 Å². The number of halogens is 1. The van der Waals surface area contributed by atoms with Gasteiger partial charge in [0.05, 0.1) is 17.4 Å². The molecule has 0 saturated heterocycles. The summed E-state index contributed by atoms with van der Waals surface area (Å²) in [6.07, 6.45) is 5.55. The molecular weight excluding hydrogens is 658 g/mol. The van der Waals surface area contributed by atoms with Gasteiger partial charge >= 0.3 is 0 Å². The van der Waals surface area contributed by atoms with E-state index in [1.165, 1.54) is 0 Å². The maximum atomic E-state index is 14.4. The average Bonchev–Trinajstić information content (AvgIpc) is 3.69. The minimum atomic E-state index is -0.298. The molecule has 0 atom stereocenters. The molecule has 6 aromatic rings. The van der Waals surface area contributed by atoms with Crippen LogP contribution in [0.1, 0.15) is 122 Å². The number of nitrogens with zero attached hydrogens (tertiary/aromatic N) is 6. The van der Waals surface area contributed by atoms with Crippen molar-refractivity contribution in [1.29, 1.82) is 0 Å². The second-order valence-corrected chi connectivity index (χ2v) is 14.1. The van der Waals surface area contributed by atoms with E-state index in [2.05, 4.69) is 108 Å². The number of imidazole rings is 1. The molecule has 5 heterocycles. The Morgan fingerprint density at radius 3 is 2.08 bits per heavy atom. The molecule has 0 aliphatic heterocycles. The molecule has 0 amide bonds. The fourth-order valence-corrected chi connectivity index (χ4v) is 5.94. The molecule has 5 aromatic heterocycles. The molecule has 0 fully saturated rings. The highest BCUT2D eigenvalue weighted by atomic mass is 19.1. The van der Waals surface area contributed by atoms with Crippen LogP contribution in [0.3, 0.4) is 0 Å². The van der Waals surface area contributed by atoms with Crippen LogP contribution in [-0.2, 0) is 12.8 Å². The van der Waals surface area contributed by atoms with Crippen molar-refractivity contribution in [2.75, 3.05) is 0 Å². The first-order chi connectivity index (χ1) is 25.1. The van der Waals surface area contributed by atoms with E-state index in [9.17, 15) is 4.39 Å². The SMILES string of the molecule is C=C(c1cc2c(cn1)nc(C)n2C(C)C)c1ccc(CC)nc1C.CC.CC(C)C.CCc1ccc2c(-c3cc(C)c(N=C(C)C)c(F)c3)c[nH]c2n1. The van der Waals surface area contributed by atoms with Crippen LogP contribution in [0.25, 0.3) is 38.8 Å². The predicted molar refractivity (Wildman–Crippen MR) is 225 cm³/mol. The van der Waals surface area contributed by atoms with Crippen LogP contribution < -0.4 is 0 Å². The molecule has 8 heteroatoms. The molecule has 0 spiro atoms. The number of benzene rings is 1. The molecular formula is C45H60FN7. The van der Waals surface area contributed by atoms with Crippen molar-refractivity contribution >= 4 is 39.0 Å². The number of fused-ring (bicyclic) bond motifs is 2. The van der Waals surface area contributed by atoms with E-state index >= 15 is 0 Å². The first kappa shape index (κ1) is 42.4. The standard InChI is InChI=1S/C20H24N4.C19H20FN3.C4H10.C2H6/c1-7-16-8-9-17(14(5)22-16)13(4)18-10-20-19(11-21-18)23-15(6)24(20)12(2)3;1-5-14-6-7-15-16(10-21-19(15)23-14)13-8-12(4)18(17(20)9-13)22-11(2)3;1-4(2)3;1-2/h8-12H,4,7H2,1-3,5-6H3;6-10H,5H2,1-4H3,(H,21,23);4H,1-3H3;1-2H3. The van der Waals surface area contributed by atoms with Crippen LogP contribution in [0.2, 0.25) is 0 Å². The zero-order chi connectivity index (χ0) is 39.6. The van der Waals surface area contributed by atoms with Crippen molar-refractivity contribution in [2.45, 2.75) is 116 Å². The third kappa shape index (κ3) is 10.6. The Kier molecular flexibility index (Phi) is 15.4. The Morgan fingerprint density at radius 2 is 1.51 bits per heavy atom. The van der Waals surface area contributed by atoms with E-state index in [-0.39, 0.29) is 5.82 Å². The molecule has 53 heavy (non-hydrogen) atoms. The quantitative estimate of drug-likeness (QED) is 0.167. The van der Waals surface area contributed by atoms with Gasteiger partial charge < -0.3 is 9.55 Å². The van der Waals surface area contributed by atoms with Crippen molar-refractivity contribution in [3.8, 4) is 11.1 Å². The first-order valence-electron chi connectivity index (χ1n) is 18.9. The van der Waals surface area contributed by atoms with Gasteiger partial charge in [0.2, 0.25) is 0 Å². The number of nitrogens with one attached hydrogen (secondary N) is 1. The summed E-state index contributed by atoms with van der Waals surface area (Å²) in [6.45, 7) is 33.0. The number of pyridine rings is 3. The molecule has 0 unspecified atom stereocenters. The predicted octanol–water partition coefficient (Wildman–Crippen LogP) is 12.7. The molecule has 0 bridgehead atoms. The summed E-state index contributed by atoms with van der Waals surface area (Å²) in [5.41, 5.74) is 12.7. The number of rotatable bonds is 7. The first-order valence-corrected chi connectivity index (χ1v) is 18.9. The summed E-state index contributed by atoms with van der Waals surface area (Å²) >= 11 is 0. The molecule has 0 saturated carbocycles. The third-order valence-corrected chi connectivity index (χ3v) is 8.27. The van der Waals surface area contributed by atoms with Gasteiger partial charge in [0.25, 0.3) is 0 Å². The Hall–Kier alpha value is -4.98. The monoisotopic (exact) mass is 717 g/mol. The molecule has 1 aromatic carbocycles. The van der Waals surface area contributed by atoms with Crippen LogP contribution >= 0.6 is 0 Å². The Balaban J connectivity index is 0.000000249. The lowest BCUT2D eigenvalue weighted by atomic mass is 10.0. The summed E-state index contributed by atoms with van der Waals surface area (Å²) in [5.74, 6) is 1.54. The zero-order valence-corrected chi connectivity index (χ0v) is 34.5. The summed E-state index contributed by atoms with van der Waals surface area (Å²) in [5, 5.41) is 1.00. The summed E-state index contributed by atoms with van der Waals surface area (Å²) < 4.78 is 16.7. The maximum Gasteiger partial charge on any atom is 0.149 e. The summed E-state index contributed by atoms with van der Waals surface area (Å²) in [4.78, 5) is 25.9. The van der Waals surface area contributed by atoms with E-state index < -0.39 is 0 Å². The third-order valence-electron chi connectivity index (χ3n) is 8.27. The van der Waals surface area contributed by atoms with E-state index in [1.54, 1.807) is 6.07 Å². The number of H-pyrrole nitrogens is 1. The van der Waals surface area contributed by atoms with Gasteiger partial charge in [0.15, 0.2) is 0 Å². The van der Waals surface area contributed by atoms with Crippen LogP contribution in [0, 0.1) is 32.5 Å². The minimum Gasteiger partial charge on any atom is -0.346 e. The summed E-state index contributed by atoms with van der Waals surface area (Å²) in [6, 6.07) is 14.2. The largest absolute Gasteiger partial charge is 0.346 e. The fourth-order valence-electron chi connectivity index (χ4n) is 5.94. The van der Waals surface area contributed by atoms with E-state index in [1.807, 2.05) is 79.1 Å². The van der Waals surface area contributed by atoms with Gasteiger partial charge in [-0.2, -0.15) is 0 Å². The van der Waals surface area contributed by atoms with Gasteiger partial charge in [-0.3, -0.25) is 15.0 Å². The number of aromatic nitrogens is 6. The molecule has 0 radical (unpaired) electrons. The highest BCUT2D eigenvalue weighted by Crippen LogP contribution is 2.34. The van der Waals surface area contributed by atoms with Gasteiger partial charge in [-0.25, -0.2) is 14.4 Å². The van der Waals surface area contributed by atoms with Crippen molar-refractivity contribution < 1.29 is 4.39 Å². The normalized spacial score (nSPS) is 10.7. The fraction of sp³-hybridized carbons (Fsp3) is 0.400. The highest BCUT2D eigenvalue weighted by molar-refractivity contribution is 5.94. The number of aliphatic imine (C=N–C) groups is 1. The van der Waals surface area contributed by atoms with Gasteiger partial charge in [0.1, 0.15) is 28.5 Å². The Morgan fingerprint density at radius 1 is 0.887 bits per heavy atom. The Labute approximate surface area is 317 Å². The lowest BCUT2D eigenvalue weighted by Gasteiger charge is -2.13. The molecule has 282 valence electrons. The van der Waals surface area contributed by atoms with Gasteiger partial charge in [0, 0.05) is 57.1 Å². The van der Waals surface area contributed by atoms with E-state index in [0.717, 1.165) is 103 Å². The zero-order valence-electron chi connectivity index (χ0n) is 34.5. The molecule has 6 rings (SSSR count). The lowest BCUT2D eigenvalue weighted by molar-refractivity contribution is 0.600. The van der Waals surface area contributed by atoms with Gasteiger partial charge in [-0.15, -0.1) is 0 Å². The highest BCUT2D eigenvalue weighted by Gasteiger charge is 2.15. The second kappa shape index (κ2) is 19.2. The smallest absolute Gasteiger partial charge is 0.149 e. The second-order valence-electron chi connectivity index (χ2n) is 14.1. The van der Waals surface area contributed by atoms with Crippen LogP contribution in [0.5, 0.6) is 0 Å². The number of aryl methyl sites for hydroxylation is 5. The number of aromatic amines is 1. The van der Waals surface area contributed by atoms with Crippen molar-refractivity contribution in [2.24, 2.45) is 10.9 Å². The topological polar surface area (TPSA) is 84.6 Å². The molecule has 7 nitrogen and oxygen atoms in total. The van der Waals surface area contributed by atoms with Crippen molar-refractivity contribution in [1.82, 2.24) is 29.5 Å². The van der Waals surface area contributed by atoms with Crippen molar-refractivity contribution in [3.63, 3.8) is 0 Å². The summed E-state index contributed by atoms with van der Waals surface area (Å²) in [7, 11) is 0. The maximum absolute atomic E-state index is 14.4. The van der Waals surface area contributed by atoms with Gasteiger partial charge in [-0.05, 0) is 115 Å².